The Kier molecular flexibility index (Phi) is 5.09. The summed E-state index contributed by atoms with van der Waals surface area (Å²) in [5, 5.41) is 8.74. The highest BCUT2D eigenvalue weighted by Crippen LogP contribution is 2.23. The first-order chi connectivity index (χ1) is 10.7. The molecular formula is C14H14F3NO5. The first-order valence-electron chi connectivity index (χ1n) is 6.73. The molecule has 1 aromatic carbocycles. The second-order valence-electron chi connectivity index (χ2n) is 4.91. The molecule has 1 aromatic rings. The van der Waals surface area contributed by atoms with E-state index in [2.05, 4.69) is 4.74 Å². The van der Waals surface area contributed by atoms with Gasteiger partial charge in [-0.15, -0.1) is 13.2 Å². The second kappa shape index (κ2) is 6.86. The zero-order valence-corrected chi connectivity index (χ0v) is 11.9. The number of carboxylic acid groups (broad SMARTS) is 1. The Morgan fingerprint density at radius 2 is 1.96 bits per heavy atom. The third-order valence-corrected chi connectivity index (χ3v) is 3.16. The molecule has 9 heteroatoms. The van der Waals surface area contributed by atoms with Crippen LogP contribution < -0.4 is 4.74 Å². The summed E-state index contributed by atoms with van der Waals surface area (Å²) < 4.78 is 45.2. The lowest BCUT2D eigenvalue weighted by Crippen LogP contribution is -2.46. The van der Waals surface area contributed by atoms with Crippen molar-refractivity contribution in [2.24, 2.45) is 0 Å². The highest BCUT2D eigenvalue weighted by atomic mass is 19.4. The lowest BCUT2D eigenvalue weighted by atomic mass is 10.1. The van der Waals surface area contributed by atoms with Crippen molar-refractivity contribution < 1.29 is 37.3 Å². The fourth-order valence-electron chi connectivity index (χ4n) is 2.20. The van der Waals surface area contributed by atoms with E-state index >= 15 is 0 Å². The van der Waals surface area contributed by atoms with E-state index in [0.717, 1.165) is 12.1 Å². The number of ether oxygens (including phenoxy) is 2. The number of morpholine rings is 1. The Morgan fingerprint density at radius 1 is 1.30 bits per heavy atom. The van der Waals surface area contributed by atoms with Gasteiger partial charge in [0.25, 0.3) is 5.91 Å². The summed E-state index contributed by atoms with van der Waals surface area (Å²) in [5.41, 5.74) is 0.190. The Morgan fingerprint density at radius 3 is 2.52 bits per heavy atom. The van der Waals surface area contributed by atoms with Gasteiger partial charge in [0, 0.05) is 18.7 Å². The van der Waals surface area contributed by atoms with E-state index < -0.39 is 30.1 Å². The zero-order valence-electron chi connectivity index (χ0n) is 11.9. The molecule has 126 valence electrons. The van der Waals surface area contributed by atoms with Gasteiger partial charge < -0.3 is 19.5 Å². The van der Waals surface area contributed by atoms with E-state index in [1.54, 1.807) is 0 Å². The number of hydrogen-bond acceptors (Lipinski definition) is 4. The van der Waals surface area contributed by atoms with Gasteiger partial charge in [-0.3, -0.25) is 9.59 Å². The predicted octanol–water partition coefficient (Wildman–Crippen LogP) is 1.90. The van der Waals surface area contributed by atoms with Crippen molar-refractivity contribution in [1.29, 1.82) is 0 Å². The summed E-state index contributed by atoms with van der Waals surface area (Å²) in [5.74, 6) is -1.85. The van der Waals surface area contributed by atoms with Crippen molar-refractivity contribution >= 4 is 11.9 Å². The highest BCUT2D eigenvalue weighted by molar-refractivity contribution is 5.94. The minimum Gasteiger partial charge on any atom is -0.481 e. The molecule has 6 nitrogen and oxygen atoms in total. The first-order valence-corrected chi connectivity index (χ1v) is 6.73. The summed E-state index contributed by atoms with van der Waals surface area (Å²) in [6.07, 6.45) is -5.61. The first kappa shape index (κ1) is 17.1. The topological polar surface area (TPSA) is 76.1 Å². The van der Waals surface area contributed by atoms with Crippen LogP contribution in [0.4, 0.5) is 13.2 Å². The smallest absolute Gasteiger partial charge is 0.481 e. The van der Waals surface area contributed by atoms with Gasteiger partial charge in [0.15, 0.2) is 0 Å². The van der Waals surface area contributed by atoms with E-state index in [1.807, 2.05) is 0 Å². The number of carboxylic acids is 1. The molecule has 1 fully saturated rings. The third kappa shape index (κ3) is 5.13. The maximum absolute atomic E-state index is 12.3. The molecule has 1 N–H and O–H groups in total. The maximum atomic E-state index is 12.3. The van der Waals surface area contributed by atoms with Crippen LogP contribution in [0.2, 0.25) is 0 Å². The number of amides is 1. The molecule has 1 aliphatic heterocycles. The molecule has 1 amide bonds. The van der Waals surface area contributed by atoms with Gasteiger partial charge >= 0.3 is 12.3 Å². The Labute approximate surface area is 129 Å². The Hall–Kier alpha value is -2.29. The van der Waals surface area contributed by atoms with Crippen molar-refractivity contribution in [2.75, 3.05) is 19.7 Å². The summed E-state index contributed by atoms with van der Waals surface area (Å²) in [4.78, 5) is 24.4. The fraction of sp³-hybridized carbons (Fsp3) is 0.429. The number of hydrogen-bond donors (Lipinski definition) is 1. The minimum absolute atomic E-state index is 0.117. The van der Waals surface area contributed by atoms with E-state index in [-0.39, 0.29) is 31.7 Å². The van der Waals surface area contributed by atoms with Crippen LogP contribution in [0.5, 0.6) is 5.75 Å². The molecule has 1 heterocycles. The number of carbonyl (C=O) groups is 2. The van der Waals surface area contributed by atoms with Crippen molar-refractivity contribution in [2.45, 2.75) is 18.9 Å². The van der Waals surface area contributed by atoms with Crippen LogP contribution in [0, 0.1) is 0 Å². The van der Waals surface area contributed by atoms with Gasteiger partial charge in [-0.1, -0.05) is 0 Å². The number of aliphatic carboxylic acids is 1. The SMILES string of the molecule is O=C(O)CC1CN(C(=O)c2ccc(OC(F)(F)F)cc2)CCO1. The van der Waals surface area contributed by atoms with Crippen LogP contribution in [0.1, 0.15) is 16.8 Å². The van der Waals surface area contributed by atoms with Gasteiger partial charge in [0.05, 0.1) is 19.1 Å². The fourth-order valence-corrected chi connectivity index (χ4v) is 2.20. The lowest BCUT2D eigenvalue weighted by molar-refractivity contribution is -0.274. The molecule has 0 radical (unpaired) electrons. The van der Waals surface area contributed by atoms with Crippen LogP contribution in [-0.2, 0) is 9.53 Å². The van der Waals surface area contributed by atoms with Gasteiger partial charge in [-0.05, 0) is 24.3 Å². The average molecular weight is 333 g/mol. The van der Waals surface area contributed by atoms with Crippen LogP contribution in [-0.4, -0.2) is 54.0 Å². The summed E-state index contributed by atoms with van der Waals surface area (Å²) in [6.45, 7) is 0.612. The quantitative estimate of drug-likeness (QED) is 0.911. The number of alkyl halides is 3. The Balaban J connectivity index is 2.00. The van der Waals surface area contributed by atoms with Crippen molar-refractivity contribution in [3.63, 3.8) is 0 Å². The standard InChI is InChI=1S/C14H14F3NO5/c15-14(16,17)23-10-3-1-9(2-4-10)13(21)18-5-6-22-11(8-18)7-12(19)20/h1-4,11H,5-8H2,(H,19,20). The van der Waals surface area contributed by atoms with Crippen LogP contribution in [0.25, 0.3) is 0 Å². The molecular weight excluding hydrogens is 319 g/mol. The van der Waals surface area contributed by atoms with Gasteiger partial charge in [-0.25, -0.2) is 0 Å². The molecule has 0 spiro atoms. The summed E-state index contributed by atoms with van der Waals surface area (Å²) in [7, 11) is 0. The van der Waals surface area contributed by atoms with Gasteiger partial charge in [0.1, 0.15) is 5.75 Å². The van der Waals surface area contributed by atoms with Crippen LogP contribution in [0.3, 0.4) is 0 Å². The van der Waals surface area contributed by atoms with E-state index in [9.17, 15) is 22.8 Å². The van der Waals surface area contributed by atoms with E-state index in [4.69, 9.17) is 9.84 Å². The molecule has 0 aliphatic carbocycles. The number of halogens is 3. The monoisotopic (exact) mass is 333 g/mol. The van der Waals surface area contributed by atoms with E-state index in [0.29, 0.717) is 0 Å². The summed E-state index contributed by atoms with van der Waals surface area (Å²) >= 11 is 0. The van der Waals surface area contributed by atoms with Crippen molar-refractivity contribution in [1.82, 2.24) is 4.90 Å². The van der Waals surface area contributed by atoms with Crippen LogP contribution in [0.15, 0.2) is 24.3 Å². The third-order valence-electron chi connectivity index (χ3n) is 3.16. The predicted molar refractivity (Wildman–Crippen MR) is 71.0 cm³/mol. The molecule has 1 aliphatic rings. The molecule has 0 bridgehead atoms. The van der Waals surface area contributed by atoms with Gasteiger partial charge in [0.2, 0.25) is 0 Å². The summed E-state index contributed by atoms with van der Waals surface area (Å²) in [6, 6.07) is 4.56. The molecule has 1 saturated heterocycles. The molecule has 2 rings (SSSR count). The van der Waals surface area contributed by atoms with Crippen molar-refractivity contribution in [3.05, 3.63) is 29.8 Å². The molecule has 0 aromatic heterocycles. The zero-order chi connectivity index (χ0) is 17.0. The Bertz CT molecular complexity index is 573. The highest BCUT2D eigenvalue weighted by Gasteiger charge is 2.31. The number of carbonyl (C=O) groups excluding carboxylic acids is 1. The average Bonchev–Trinajstić information content (AvgIpc) is 2.45. The van der Waals surface area contributed by atoms with E-state index in [1.165, 1.54) is 17.0 Å². The maximum Gasteiger partial charge on any atom is 0.573 e. The normalized spacial score (nSPS) is 18.6. The molecule has 1 unspecified atom stereocenters. The van der Waals surface area contributed by atoms with Crippen LogP contribution >= 0.6 is 0 Å². The number of nitrogens with zero attached hydrogens (tertiary/aromatic N) is 1. The molecule has 23 heavy (non-hydrogen) atoms. The number of benzene rings is 1. The largest absolute Gasteiger partial charge is 0.573 e. The number of rotatable bonds is 4. The second-order valence-corrected chi connectivity index (χ2v) is 4.91. The lowest BCUT2D eigenvalue weighted by Gasteiger charge is -2.32. The van der Waals surface area contributed by atoms with Crippen molar-refractivity contribution in [3.8, 4) is 5.75 Å². The van der Waals surface area contributed by atoms with Gasteiger partial charge in [-0.2, -0.15) is 0 Å². The molecule has 0 saturated carbocycles. The minimum atomic E-state index is -4.79. The molecule has 1 atom stereocenters.